The maximum absolute atomic E-state index is 12.1. The van der Waals surface area contributed by atoms with Crippen molar-refractivity contribution in [3.63, 3.8) is 0 Å². The van der Waals surface area contributed by atoms with E-state index < -0.39 is 12.0 Å². The SMILES string of the molecule is O=C(CC1CNC(C(=O)O)C1)Nc1ccc(-c2cccnc2)cc1. The van der Waals surface area contributed by atoms with Crippen molar-refractivity contribution in [2.24, 2.45) is 5.92 Å². The van der Waals surface area contributed by atoms with Gasteiger partial charge in [-0.2, -0.15) is 0 Å². The third-order valence-electron chi connectivity index (χ3n) is 4.16. The van der Waals surface area contributed by atoms with E-state index in [0.717, 1.165) is 16.8 Å². The molecule has 0 spiro atoms. The van der Waals surface area contributed by atoms with Crippen LogP contribution in [-0.2, 0) is 9.59 Å². The van der Waals surface area contributed by atoms with Gasteiger partial charge in [-0.1, -0.05) is 18.2 Å². The van der Waals surface area contributed by atoms with E-state index in [1.165, 1.54) is 0 Å². The van der Waals surface area contributed by atoms with Gasteiger partial charge in [0.2, 0.25) is 5.91 Å². The Morgan fingerprint density at radius 2 is 2.00 bits per heavy atom. The van der Waals surface area contributed by atoms with Gasteiger partial charge in [-0.05, 0) is 48.2 Å². The molecule has 2 unspecified atom stereocenters. The number of carbonyl (C=O) groups excluding carboxylic acids is 1. The highest BCUT2D eigenvalue weighted by molar-refractivity contribution is 5.91. The van der Waals surface area contributed by atoms with Gasteiger partial charge in [0, 0.05) is 24.5 Å². The fourth-order valence-electron chi connectivity index (χ4n) is 2.91. The van der Waals surface area contributed by atoms with Crippen LogP contribution >= 0.6 is 0 Å². The Balaban J connectivity index is 1.54. The Bertz CT molecular complexity index is 716. The molecule has 0 aliphatic carbocycles. The summed E-state index contributed by atoms with van der Waals surface area (Å²) in [4.78, 5) is 27.1. The molecule has 1 aromatic carbocycles. The van der Waals surface area contributed by atoms with Crippen molar-refractivity contribution in [3.8, 4) is 11.1 Å². The lowest BCUT2D eigenvalue weighted by Crippen LogP contribution is -2.29. The number of anilines is 1. The fraction of sp³-hybridized carbons (Fsp3) is 0.278. The minimum absolute atomic E-state index is 0.0563. The van der Waals surface area contributed by atoms with Gasteiger partial charge in [0.05, 0.1) is 0 Å². The number of pyridine rings is 1. The second-order valence-electron chi connectivity index (χ2n) is 5.97. The zero-order valence-electron chi connectivity index (χ0n) is 13.1. The molecule has 6 nitrogen and oxygen atoms in total. The maximum atomic E-state index is 12.1. The first-order valence-electron chi connectivity index (χ1n) is 7.88. The van der Waals surface area contributed by atoms with Crippen LogP contribution in [0.1, 0.15) is 12.8 Å². The van der Waals surface area contributed by atoms with Gasteiger partial charge in [-0.15, -0.1) is 0 Å². The largest absolute Gasteiger partial charge is 0.480 e. The van der Waals surface area contributed by atoms with Crippen molar-refractivity contribution in [1.29, 1.82) is 0 Å². The summed E-state index contributed by atoms with van der Waals surface area (Å²) in [7, 11) is 0. The summed E-state index contributed by atoms with van der Waals surface area (Å²) >= 11 is 0. The van der Waals surface area contributed by atoms with E-state index in [9.17, 15) is 9.59 Å². The first-order chi connectivity index (χ1) is 11.6. The Kier molecular flexibility index (Phi) is 4.86. The topological polar surface area (TPSA) is 91.3 Å². The highest BCUT2D eigenvalue weighted by atomic mass is 16.4. The van der Waals surface area contributed by atoms with Crippen LogP contribution in [0.4, 0.5) is 5.69 Å². The van der Waals surface area contributed by atoms with Crippen LogP contribution in [-0.4, -0.2) is 34.6 Å². The molecule has 3 rings (SSSR count). The van der Waals surface area contributed by atoms with E-state index in [0.29, 0.717) is 19.4 Å². The number of benzene rings is 1. The first kappa shape index (κ1) is 16.1. The zero-order chi connectivity index (χ0) is 16.9. The van der Waals surface area contributed by atoms with E-state index in [2.05, 4.69) is 15.6 Å². The van der Waals surface area contributed by atoms with Crippen LogP contribution in [0.3, 0.4) is 0 Å². The minimum Gasteiger partial charge on any atom is -0.480 e. The van der Waals surface area contributed by atoms with Crippen LogP contribution in [0.25, 0.3) is 11.1 Å². The molecule has 0 saturated carbocycles. The van der Waals surface area contributed by atoms with Crippen LogP contribution in [0.2, 0.25) is 0 Å². The summed E-state index contributed by atoms with van der Waals surface area (Å²) in [5.41, 5.74) is 2.78. The summed E-state index contributed by atoms with van der Waals surface area (Å²) < 4.78 is 0. The molecule has 1 fully saturated rings. The van der Waals surface area contributed by atoms with Crippen LogP contribution in [0.5, 0.6) is 0 Å². The predicted octanol–water partition coefficient (Wildman–Crippen LogP) is 2.14. The average Bonchev–Trinajstić information content (AvgIpc) is 3.05. The van der Waals surface area contributed by atoms with Crippen molar-refractivity contribution < 1.29 is 14.7 Å². The monoisotopic (exact) mass is 325 g/mol. The number of nitrogens with zero attached hydrogens (tertiary/aromatic N) is 1. The zero-order valence-corrected chi connectivity index (χ0v) is 13.1. The smallest absolute Gasteiger partial charge is 0.320 e. The van der Waals surface area contributed by atoms with Crippen molar-refractivity contribution >= 4 is 17.6 Å². The van der Waals surface area contributed by atoms with Gasteiger partial charge >= 0.3 is 5.97 Å². The van der Waals surface area contributed by atoms with Crippen LogP contribution in [0.15, 0.2) is 48.8 Å². The third-order valence-corrected chi connectivity index (χ3v) is 4.16. The molecule has 2 atom stereocenters. The van der Waals surface area contributed by atoms with E-state index >= 15 is 0 Å². The summed E-state index contributed by atoms with van der Waals surface area (Å²) in [5, 5.41) is 14.7. The molecule has 1 aromatic heterocycles. The molecule has 1 amide bonds. The summed E-state index contributed by atoms with van der Waals surface area (Å²) in [5.74, 6) is -0.897. The highest BCUT2D eigenvalue weighted by Crippen LogP contribution is 2.22. The molecule has 124 valence electrons. The van der Waals surface area contributed by atoms with Gasteiger partial charge in [0.1, 0.15) is 6.04 Å². The van der Waals surface area contributed by atoms with Gasteiger partial charge in [0.15, 0.2) is 0 Å². The standard InChI is InChI=1S/C18H19N3O3/c22-17(9-12-8-16(18(23)24)20-10-12)21-15-5-3-13(4-6-15)14-2-1-7-19-11-14/h1-7,11-12,16,20H,8-10H2,(H,21,22)(H,23,24). The molecule has 6 heteroatoms. The Hall–Kier alpha value is -2.73. The second kappa shape index (κ2) is 7.23. The summed E-state index contributed by atoms with van der Waals surface area (Å²) in [6.07, 6.45) is 4.33. The number of carboxylic acids is 1. The first-order valence-corrected chi connectivity index (χ1v) is 7.88. The summed E-state index contributed by atoms with van der Waals surface area (Å²) in [6, 6.07) is 10.9. The van der Waals surface area contributed by atoms with Crippen molar-refractivity contribution in [2.75, 3.05) is 11.9 Å². The normalized spacial score (nSPS) is 19.8. The molecule has 1 saturated heterocycles. The number of nitrogens with one attached hydrogen (secondary N) is 2. The van der Waals surface area contributed by atoms with Crippen molar-refractivity contribution in [2.45, 2.75) is 18.9 Å². The Morgan fingerprint density at radius 3 is 2.62 bits per heavy atom. The lowest BCUT2D eigenvalue weighted by atomic mass is 10.0. The molecule has 1 aliphatic heterocycles. The maximum Gasteiger partial charge on any atom is 0.320 e. The molecule has 24 heavy (non-hydrogen) atoms. The van der Waals surface area contributed by atoms with Gasteiger partial charge in [-0.25, -0.2) is 0 Å². The van der Waals surface area contributed by atoms with Gasteiger partial charge < -0.3 is 15.7 Å². The third kappa shape index (κ3) is 3.97. The number of amides is 1. The molecule has 0 radical (unpaired) electrons. The van der Waals surface area contributed by atoms with E-state index in [4.69, 9.17) is 5.11 Å². The molecule has 1 aliphatic rings. The molecule has 2 heterocycles. The Labute approximate surface area is 139 Å². The number of aromatic nitrogens is 1. The van der Waals surface area contributed by atoms with E-state index in [-0.39, 0.29) is 11.8 Å². The lowest BCUT2D eigenvalue weighted by molar-refractivity contribution is -0.139. The molecular weight excluding hydrogens is 306 g/mol. The molecule has 2 aromatic rings. The number of hydrogen-bond acceptors (Lipinski definition) is 4. The van der Waals surface area contributed by atoms with Crippen molar-refractivity contribution in [1.82, 2.24) is 10.3 Å². The Morgan fingerprint density at radius 1 is 1.21 bits per heavy atom. The van der Waals surface area contributed by atoms with E-state index in [1.807, 2.05) is 36.4 Å². The quantitative estimate of drug-likeness (QED) is 0.783. The van der Waals surface area contributed by atoms with Crippen molar-refractivity contribution in [3.05, 3.63) is 48.8 Å². The number of hydrogen-bond donors (Lipinski definition) is 3. The number of aliphatic carboxylic acids is 1. The average molecular weight is 325 g/mol. The highest BCUT2D eigenvalue weighted by Gasteiger charge is 2.30. The fourth-order valence-corrected chi connectivity index (χ4v) is 2.91. The predicted molar refractivity (Wildman–Crippen MR) is 90.5 cm³/mol. The van der Waals surface area contributed by atoms with Crippen LogP contribution < -0.4 is 10.6 Å². The number of carboxylic acid groups (broad SMARTS) is 1. The minimum atomic E-state index is -0.858. The van der Waals surface area contributed by atoms with Gasteiger partial charge in [0.25, 0.3) is 0 Å². The van der Waals surface area contributed by atoms with Gasteiger partial charge in [-0.3, -0.25) is 14.6 Å². The van der Waals surface area contributed by atoms with Crippen LogP contribution in [0, 0.1) is 5.92 Å². The second-order valence-corrected chi connectivity index (χ2v) is 5.97. The molecular formula is C18H19N3O3. The summed E-state index contributed by atoms with van der Waals surface area (Å²) in [6.45, 7) is 0.560. The molecule has 0 bridgehead atoms. The molecule has 3 N–H and O–H groups in total. The number of rotatable bonds is 5. The lowest BCUT2D eigenvalue weighted by Gasteiger charge is -2.10. The number of carbonyl (C=O) groups is 2. The van der Waals surface area contributed by atoms with E-state index in [1.54, 1.807) is 12.4 Å².